The van der Waals surface area contributed by atoms with Crippen molar-refractivity contribution in [3.05, 3.63) is 22.8 Å². The van der Waals surface area contributed by atoms with Crippen molar-refractivity contribution in [1.82, 2.24) is 10.3 Å². The van der Waals surface area contributed by atoms with Gasteiger partial charge in [0.1, 0.15) is 5.82 Å². The number of nitrogens with zero attached hydrogens (tertiary/aromatic N) is 2. The number of rotatable bonds is 4. The van der Waals surface area contributed by atoms with Gasteiger partial charge in [0.05, 0.1) is 17.2 Å². The van der Waals surface area contributed by atoms with Crippen LogP contribution in [0.25, 0.3) is 0 Å². The molecule has 18 heavy (non-hydrogen) atoms. The topological polar surface area (TPSA) is 37.4 Å². The summed E-state index contributed by atoms with van der Waals surface area (Å²) in [5.41, 5.74) is 1.07. The molecule has 2 unspecified atom stereocenters. The molecule has 2 rings (SSSR count). The molecule has 0 aliphatic carbocycles. The highest BCUT2D eigenvalue weighted by Crippen LogP contribution is 2.25. The Hall–Kier alpha value is -0.840. The van der Waals surface area contributed by atoms with E-state index in [0.29, 0.717) is 11.1 Å². The number of aromatic nitrogens is 1. The second kappa shape index (κ2) is 5.87. The average Bonchev–Trinajstić information content (AvgIpc) is 2.78. The Bertz CT molecular complexity index is 413. The number of halogens is 1. The highest BCUT2D eigenvalue weighted by molar-refractivity contribution is 6.31. The van der Waals surface area contributed by atoms with Crippen molar-refractivity contribution in [3.63, 3.8) is 0 Å². The maximum absolute atomic E-state index is 6.12. The van der Waals surface area contributed by atoms with E-state index in [2.05, 4.69) is 29.2 Å². The summed E-state index contributed by atoms with van der Waals surface area (Å²) in [6.07, 6.45) is 3.02. The van der Waals surface area contributed by atoms with Crippen LogP contribution in [0, 0.1) is 0 Å². The summed E-state index contributed by atoms with van der Waals surface area (Å²) in [4.78, 5) is 6.60. The smallest absolute Gasteiger partial charge is 0.128 e. The molecule has 2 atom stereocenters. The van der Waals surface area contributed by atoms with Crippen LogP contribution >= 0.6 is 11.6 Å². The predicted octanol–water partition coefficient (Wildman–Crippen LogP) is 2.07. The quantitative estimate of drug-likeness (QED) is 0.908. The first-order valence-corrected chi connectivity index (χ1v) is 6.64. The van der Waals surface area contributed by atoms with Crippen LogP contribution in [0.2, 0.25) is 5.02 Å². The highest BCUT2D eigenvalue weighted by atomic mass is 35.5. The van der Waals surface area contributed by atoms with Crippen molar-refractivity contribution in [1.29, 1.82) is 0 Å². The van der Waals surface area contributed by atoms with E-state index in [1.54, 1.807) is 6.20 Å². The molecule has 1 N–H and O–H groups in total. The first-order chi connectivity index (χ1) is 8.63. The lowest BCUT2D eigenvalue weighted by molar-refractivity contribution is 0.118. The van der Waals surface area contributed by atoms with Crippen molar-refractivity contribution >= 4 is 17.4 Å². The molecule has 1 aliphatic rings. The molecule has 4 nitrogen and oxygen atoms in total. The highest BCUT2D eigenvalue weighted by Gasteiger charge is 2.28. The van der Waals surface area contributed by atoms with Gasteiger partial charge in [0.2, 0.25) is 0 Å². The number of pyridine rings is 1. The SMILES string of the molecule is CNCc1cc(N(C)C2CCOC2C)ncc1Cl. The summed E-state index contributed by atoms with van der Waals surface area (Å²) >= 11 is 6.12. The maximum atomic E-state index is 6.12. The van der Waals surface area contributed by atoms with E-state index < -0.39 is 0 Å². The van der Waals surface area contributed by atoms with Gasteiger partial charge in [0.25, 0.3) is 0 Å². The molecule has 2 heterocycles. The molecular weight excluding hydrogens is 250 g/mol. The van der Waals surface area contributed by atoms with Gasteiger partial charge < -0.3 is 15.0 Å². The van der Waals surface area contributed by atoms with Crippen molar-refractivity contribution < 1.29 is 4.74 Å². The molecule has 0 aromatic carbocycles. The first-order valence-electron chi connectivity index (χ1n) is 6.27. The van der Waals surface area contributed by atoms with Crippen LogP contribution in [-0.2, 0) is 11.3 Å². The van der Waals surface area contributed by atoms with E-state index in [0.717, 1.165) is 31.0 Å². The monoisotopic (exact) mass is 269 g/mol. The fourth-order valence-electron chi connectivity index (χ4n) is 2.39. The Morgan fingerprint density at radius 3 is 3.00 bits per heavy atom. The van der Waals surface area contributed by atoms with Crippen molar-refractivity contribution in [2.75, 3.05) is 25.6 Å². The van der Waals surface area contributed by atoms with Gasteiger partial charge in [0, 0.05) is 26.4 Å². The number of ether oxygens (including phenoxy) is 1. The average molecular weight is 270 g/mol. The Morgan fingerprint density at radius 1 is 1.61 bits per heavy atom. The molecule has 0 radical (unpaired) electrons. The summed E-state index contributed by atoms with van der Waals surface area (Å²) in [5, 5.41) is 3.82. The maximum Gasteiger partial charge on any atom is 0.128 e. The molecule has 0 bridgehead atoms. The van der Waals surface area contributed by atoms with Crippen LogP contribution in [0.3, 0.4) is 0 Å². The minimum atomic E-state index is 0.250. The third-order valence-electron chi connectivity index (χ3n) is 3.48. The van der Waals surface area contributed by atoms with Gasteiger partial charge in [-0.05, 0) is 32.0 Å². The zero-order valence-electron chi connectivity index (χ0n) is 11.1. The standard InChI is InChI=1S/C13H20ClN3O/c1-9-12(4-5-18-9)17(3)13-6-10(7-15-2)11(14)8-16-13/h6,8-9,12,15H,4-5,7H2,1-3H3. The molecule has 1 aromatic rings. The van der Waals surface area contributed by atoms with Crippen LogP contribution < -0.4 is 10.2 Å². The molecule has 100 valence electrons. The fourth-order valence-corrected chi connectivity index (χ4v) is 2.56. The van der Waals surface area contributed by atoms with E-state index in [1.807, 2.05) is 13.1 Å². The fraction of sp³-hybridized carbons (Fsp3) is 0.615. The molecule has 1 fully saturated rings. The predicted molar refractivity (Wildman–Crippen MR) is 74.2 cm³/mol. The van der Waals surface area contributed by atoms with Crippen LogP contribution in [0.1, 0.15) is 18.9 Å². The molecule has 1 aromatic heterocycles. The molecule has 5 heteroatoms. The third kappa shape index (κ3) is 2.76. The Morgan fingerprint density at radius 2 is 2.39 bits per heavy atom. The summed E-state index contributed by atoms with van der Waals surface area (Å²) in [7, 11) is 3.97. The van der Waals surface area contributed by atoms with Crippen molar-refractivity contribution in [2.24, 2.45) is 0 Å². The van der Waals surface area contributed by atoms with E-state index in [4.69, 9.17) is 16.3 Å². The van der Waals surface area contributed by atoms with Crippen LogP contribution in [0.5, 0.6) is 0 Å². The second-order valence-corrected chi connectivity index (χ2v) is 5.11. The van der Waals surface area contributed by atoms with Gasteiger partial charge in [-0.25, -0.2) is 4.98 Å². The van der Waals surface area contributed by atoms with Crippen LogP contribution in [0.15, 0.2) is 12.3 Å². The Balaban J connectivity index is 2.19. The minimum Gasteiger partial charge on any atom is -0.376 e. The molecule has 1 saturated heterocycles. The Kier molecular flexibility index (Phi) is 4.43. The molecule has 0 amide bonds. The summed E-state index contributed by atoms with van der Waals surface area (Å²) in [6, 6.07) is 2.44. The largest absolute Gasteiger partial charge is 0.376 e. The lowest BCUT2D eigenvalue weighted by Crippen LogP contribution is -2.37. The third-order valence-corrected chi connectivity index (χ3v) is 3.82. The number of hydrogen-bond acceptors (Lipinski definition) is 4. The van der Waals surface area contributed by atoms with Crippen LogP contribution in [-0.4, -0.2) is 37.8 Å². The van der Waals surface area contributed by atoms with E-state index in [9.17, 15) is 0 Å². The van der Waals surface area contributed by atoms with E-state index in [1.165, 1.54) is 0 Å². The Labute approximate surface area is 113 Å². The normalized spacial score (nSPS) is 23.3. The lowest BCUT2D eigenvalue weighted by atomic mass is 10.1. The minimum absolute atomic E-state index is 0.250. The van der Waals surface area contributed by atoms with Crippen molar-refractivity contribution in [2.45, 2.75) is 32.0 Å². The van der Waals surface area contributed by atoms with E-state index >= 15 is 0 Å². The number of likely N-dealkylation sites (N-methyl/N-ethyl adjacent to an activating group) is 1. The summed E-state index contributed by atoms with van der Waals surface area (Å²) in [6.45, 7) is 3.69. The summed E-state index contributed by atoms with van der Waals surface area (Å²) < 4.78 is 5.60. The van der Waals surface area contributed by atoms with Gasteiger partial charge in [0.15, 0.2) is 0 Å². The van der Waals surface area contributed by atoms with Gasteiger partial charge >= 0.3 is 0 Å². The van der Waals surface area contributed by atoms with Gasteiger partial charge in [-0.15, -0.1) is 0 Å². The number of anilines is 1. The first kappa shape index (κ1) is 13.6. The second-order valence-electron chi connectivity index (χ2n) is 4.71. The van der Waals surface area contributed by atoms with Crippen molar-refractivity contribution in [3.8, 4) is 0 Å². The van der Waals surface area contributed by atoms with Gasteiger partial charge in [-0.3, -0.25) is 0 Å². The zero-order chi connectivity index (χ0) is 13.1. The molecule has 1 aliphatic heterocycles. The van der Waals surface area contributed by atoms with Gasteiger partial charge in [-0.2, -0.15) is 0 Å². The molecular formula is C13H20ClN3O. The summed E-state index contributed by atoms with van der Waals surface area (Å²) in [5.74, 6) is 0.951. The molecule has 0 saturated carbocycles. The van der Waals surface area contributed by atoms with Crippen LogP contribution in [0.4, 0.5) is 5.82 Å². The lowest BCUT2D eigenvalue weighted by Gasteiger charge is -2.28. The number of nitrogens with one attached hydrogen (secondary N) is 1. The van der Waals surface area contributed by atoms with Gasteiger partial charge in [-0.1, -0.05) is 11.6 Å². The number of hydrogen-bond donors (Lipinski definition) is 1. The molecule has 0 spiro atoms. The van der Waals surface area contributed by atoms with E-state index in [-0.39, 0.29) is 6.10 Å². The zero-order valence-corrected chi connectivity index (χ0v) is 11.9.